The minimum Gasteiger partial charge on any atom is -0.395 e. The lowest BCUT2D eigenvalue weighted by Crippen LogP contribution is -2.15. The van der Waals surface area contributed by atoms with Crippen LogP contribution >= 0.6 is 11.8 Å². The van der Waals surface area contributed by atoms with Crippen LogP contribution in [0.4, 0.5) is 4.39 Å². The van der Waals surface area contributed by atoms with Gasteiger partial charge in [-0.2, -0.15) is 0 Å². The van der Waals surface area contributed by atoms with E-state index in [0.29, 0.717) is 5.56 Å². The Morgan fingerprint density at radius 1 is 1.44 bits per heavy atom. The molecule has 0 spiro atoms. The Balaban J connectivity index is 3.02. The quantitative estimate of drug-likeness (QED) is 0.780. The van der Waals surface area contributed by atoms with E-state index in [0.717, 1.165) is 4.90 Å². The highest BCUT2D eigenvalue weighted by Gasteiger charge is 2.16. The molecular weight excluding hydrogens is 225 g/mol. The van der Waals surface area contributed by atoms with Crippen molar-refractivity contribution >= 4 is 11.8 Å². The number of aliphatic hydroxyl groups is 1. The van der Waals surface area contributed by atoms with Gasteiger partial charge in [0.05, 0.1) is 6.61 Å². The van der Waals surface area contributed by atoms with Crippen molar-refractivity contribution in [2.45, 2.75) is 30.0 Å². The van der Waals surface area contributed by atoms with E-state index in [1.807, 2.05) is 19.9 Å². The molecular formula is C12H18FNOS. The number of hydrogen-bond acceptors (Lipinski definition) is 3. The van der Waals surface area contributed by atoms with Gasteiger partial charge in [-0.15, -0.1) is 11.8 Å². The molecule has 0 heterocycles. The third-order valence-electron chi connectivity index (χ3n) is 2.46. The molecule has 0 aromatic heterocycles. The van der Waals surface area contributed by atoms with E-state index in [1.165, 1.54) is 17.8 Å². The molecule has 90 valence electrons. The van der Waals surface area contributed by atoms with Crippen LogP contribution in [-0.4, -0.2) is 24.0 Å². The van der Waals surface area contributed by atoms with Gasteiger partial charge in [0.15, 0.2) is 0 Å². The lowest BCUT2D eigenvalue weighted by atomic mass is 10.1. The number of aliphatic hydroxyl groups excluding tert-OH is 1. The predicted molar refractivity (Wildman–Crippen MR) is 66.3 cm³/mol. The molecule has 0 fully saturated rings. The molecule has 0 aliphatic heterocycles. The molecule has 2 unspecified atom stereocenters. The van der Waals surface area contributed by atoms with Crippen molar-refractivity contribution in [3.05, 3.63) is 29.6 Å². The van der Waals surface area contributed by atoms with Crippen LogP contribution in [0.15, 0.2) is 23.1 Å². The molecule has 0 aliphatic carbocycles. The van der Waals surface area contributed by atoms with Crippen LogP contribution in [0.5, 0.6) is 0 Å². The Bertz CT molecular complexity index is 346. The molecule has 1 aromatic carbocycles. The molecule has 2 N–H and O–H groups in total. The summed E-state index contributed by atoms with van der Waals surface area (Å²) >= 11 is 1.50. The van der Waals surface area contributed by atoms with Crippen molar-refractivity contribution in [3.63, 3.8) is 0 Å². The molecule has 16 heavy (non-hydrogen) atoms. The van der Waals surface area contributed by atoms with Gasteiger partial charge in [0.1, 0.15) is 5.82 Å². The molecule has 0 saturated heterocycles. The van der Waals surface area contributed by atoms with Crippen LogP contribution < -0.4 is 5.32 Å². The Morgan fingerprint density at radius 2 is 2.12 bits per heavy atom. The first-order chi connectivity index (χ1) is 7.60. The normalized spacial score (nSPS) is 14.8. The van der Waals surface area contributed by atoms with Gasteiger partial charge in [-0.05, 0) is 26.1 Å². The Morgan fingerprint density at radius 3 is 2.69 bits per heavy atom. The number of thioether (sulfide) groups is 1. The second kappa shape index (κ2) is 6.23. The summed E-state index contributed by atoms with van der Waals surface area (Å²) in [7, 11) is 1.81. The van der Waals surface area contributed by atoms with E-state index < -0.39 is 0 Å². The molecule has 0 aliphatic rings. The van der Waals surface area contributed by atoms with Crippen LogP contribution in [0.2, 0.25) is 0 Å². The molecule has 0 amide bonds. The van der Waals surface area contributed by atoms with Gasteiger partial charge < -0.3 is 10.4 Å². The molecule has 4 heteroatoms. The van der Waals surface area contributed by atoms with Gasteiger partial charge in [0, 0.05) is 21.8 Å². The molecule has 0 radical (unpaired) electrons. The number of hydrogen-bond donors (Lipinski definition) is 2. The minimum atomic E-state index is -0.197. The second-order valence-electron chi connectivity index (χ2n) is 3.77. The van der Waals surface area contributed by atoms with Crippen molar-refractivity contribution < 1.29 is 9.50 Å². The Labute approximate surface area is 100 Å². The van der Waals surface area contributed by atoms with Gasteiger partial charge >= 0.3 is 0 Å². The molecule has 0 saturated carbocycles. The van der Waals surface area contributed by atoms with Crippen molar-refractivity contribution in [1.29, 1.82) is 0 Å². The highest BCUT2D eigenvalue weighted by molar-refractivity contribution is 8.00. The first-order valence-electron chi connectivity index (χ1n) is 5.33. The van der Waals surface area contributed by atoms with Crippen LogP contribution in [0, 0.1) is 5.82 Å². The van der Waals surface area contributed by atoms with Crippen molar-refractivity contribution in [3.8, 4) is 0 Å². The number of halogens is 1. The molecule has 2 nitrogen and oxygen atoms in total. The second-order valence-corrected chi connectivity index (χ2v) is 5.25. The summed E-state index contributed by atoms with van der Waals surface area (Å²) in [6.07, 6.45) is 0. The zero-order valence-corrected chi connectivity index (χ0v) is 10.6. The predicted octanol–water partition coefficient (Wildman–Crippen LogP) is 2.58. The lowest BCUT2D eigenvalue weighted by molar-refractivity contribution is 0.300. The minimum absolute atomic E-state index is 0.0328. The highest BCUT2D eigenvalue weighted by atomic mass is 32.2. The Hall–Kier alpha value is -0.580. The highest BCUT2D eigenvalue weighted by Crippen LogP contribution is 2.32. The number of rotatable bonds is 5. The topological polar surface area (TPSA) is 32.3 Å². The monoisotopic (exact) mass is 243 g/mol. The fourth-order valence-corrected chi connectivity index (χ4v) is 2.50. The SMILES string of the molecule is CNC(C)c1c(F)cccc1SC(C)CO. The van der Waals surface area contributed by atoms with E-state index in [2.05, 4.69) is 5.32 Å². The average Bonchev–Trinajstić information content (AvgIpc) is 2.28. The standard InChI is InChI=1S/C12H18FNOS/c1-8(7-15)16-11-6-4-5-10(13)12(11)9(2)14-3/h4-6,8-9,14-15H,7H2,1-3H3. The first kappa shape index (κ1) is 13.5. The third kappa shape index (κ3) is 3.20. The maximum Gasteiger partial charge on any atom is 0.129 e. The average molecular weight is 243 g/mol. The summed E-state index contributed by atoms with van der Waals surface area (Å²) in [6.45, 7) is 3.93. The smallest absolute Gasteiger partial charge is 0.129 e. The van der Waals surface area contributed by atoms with Crippen molar-refractivity contribution in [2.75, 3.05) is 13.7 Å². The fraction of sp³-hybridized carbons (Fsp3) is 0.500. The van der Waals surface area contributed by atoms with E-state index in [-0.39, 0.29) is 23.7 Å². The molecule has 1 rings (SSSR count). The Kier molecular flexibility index (Phi) is 5.25. The van der Waals surface area contributed by atoms with Gasteiger partial charge in [0.2, 0.25) is 0 Å². The maximum absolute atomic E-state index is 13.7. The summed E-state index contributed by atoms with van der Waals surface area (Å²) in [5.41, 5.74) is 0.676. The zero-order chi connectivity index (χ0) is 12.1. The van der Waals surface area contributed by atoms with Crippen LogP contribution in [0.3, 0.4) is 0 Å². The largest absolute Gasteiger partial charge is 0.395 e. The summed E-state index contributed by atoms with van der Waals surface area (Å²) in [5, 5.41) is 12.1. The molecule has 1 aromatic rings. The maximum atomic E-state index is 13.7. The van der Waals surface area contributed by atoms with E-state index in [9.17, 15) is 4.39 Å². The van der Waals surface area contributed by atoms with E-state index >= 15 is 0 Å². The third-order valence-corrected chi connectivity index (χ3v) is 3.63. The van der Waals surface area contributed by atoms with Gasteiger partial charge in [-0.3, -0.25) is 0 Å². The lowest BCUT2D eigenvalue weighted by Gasteiger charge is -2.18. The molecule has 0 bridgehead atoms. The van der Waals surface area contributed by atoms with Gasteiger partial charge in [-0.25, -0.2) is 4.39 Å². The number of benzene rings is 1. The van der Waals surface area contributed by atoms with Gasteiger partial charge in [-0.1, -0.05) is 13.0 Å². The summed E-state index contributed by atoms with van der Waals surface area (Å²) < 4.78 is 13.7. The first-order valence-corrected chi connectivity index (χ1v) is 6.21. The van der Waals surface area contributed by atoms with Crippen LogP contribution in [-0.2, 0) is 0 Å². The van der Waals surface area contributed by atoms with Crippen molar-refractivity contribution in [1.82, 2.24) is 5.32 Å². The van der Waals surface area contributed by atoms with E-state index in [1.54, 1.807) is 13.1 Å². The number of nitrogens with one attached hydrogen (secondary N) is 1. The summed E-state index contributed by atoms with van der Waals surface area (Å²) in [5.74, 6) is -0.197. The fourth-order valence-electron chi connectivity index (χ4n) is 1.44. The summed E-state index contributed by atoms with van der Waals surface area (Å²) in [4.78, 5) is 0.892. The summed E-state index contributed by atoms with van der Waals surface area (Å²) in [6, 6.07) is 5.03. The van der Waals surface area contributed by atoms with Crippen molar-refractivity contribution in [2.24, 2.45) is 0 Å². The van der Waals surface area contributed by atoms with Gasteiger partial charge in [0.25, 0.3) is 0 Å². The zero-order valence-electron chi connectivity index (χ0n) is 9.83. The van der Waals surface area contributed by atoms with Crippen LogP contribution in [0.1, 0.15) is 25.5 Å². The van der Waals surface area contributed by atoms with E-state index in [4.69, 9.17) is 5.11 Å². The molecule has 2 atom stereocenters. The van der Waals surface area contributed by atoms with Crippen LogP contribution in [0.25, 0.3) is 0 Å².